The molecule has 6 nitrogen and oxygen atoms in total. The lowest BCUT2D eigenvalue weighted by atomic mass is 10.1. The Kier molecular flexibility index (Phi) is 4.24. The second-order valence-corrected chi connectivity index (χ2v) is 4.89. The number of amides is 2. The summed E-state index contributed by atoms with van der Waals surface area (Å²) in [6.07, 6.45) is -0.950. The third-order valence-corrected chi connectivity index (χ3v) is 3.25. The Morgan fingerprint density at radius 2 is 2.15 bits per heavy atom. The lowest BCUT2D eigenvalue weighted by Gasteiger charge is -2.31. The van der Waals surface area contributed by atoms with E-state index in [4.69, 9.17) is 9.84 Å². The number of hydrogen-bond donors (Lipinski definition) is 2. The number of morpholine rings is 1. The van der Waals surface area contributed by atoms with Crippen molar-refractivity contribution in [2.24, 2.45) is 0 Å². The van der Waals surface area contributed by atoms with Crippen LogP contribution in [0.2, 0.25) is 0 Å². The molecule has 2 N–H and O–H groups in total. The average molecular weight is 278 g/mol. The van der Waals surface area contributed by atoms with Crippen LogP contribution < -0.4 is 5.32 Å². The highest BCUT2D eigenvalue weighted by Crippen LogP contribution is 2.17. The molecule has 1 atom stereocenters. The summed E-state index contributed by atoms with van der Waals surface area (Å²) in [5.41, 5.74) is 2.83. The first-order valence-electron chi connectivity index (χ1n) is 6.45. The fourth-order valence-electron chi connectivity index (χ4n) is 2.13. The van der Waals surface area contributed by atoms with Crippen molar-refractivity contribution in [2.75, 3.05) is 25.0 Å². The van der Waals surface area contributed by atoms with Gasteiger partial charge in [-0.1, -0.05) is 17.7 Å². The topological polar surface area (TPSA) is 78.9 Å². The molecule has 1 aliphatic heterocycles. The number of hydrogen-bond acceptors (Lipinski definition) is 3. The largest absolute Gasteiger partial charge is 0.479 e. The number of rotatable bonds is 2. The molecule has 6 heteroatoms. The van der Waals surface area contributed by atoms with Crippen molar-refractivity contribution in [1.29, 1.82) is 0 Å². The molecule has 20 heavy (non-hydrogen) atoms. The molecular formula is C14H18N2O4. The minimum absolute atomic E-state index is 0.0616. The number of aryl methyl sites for hydroxylation is 2. The number of aliphatic carboxylic acids is 1. The standard InChI is InChI=1S/C14H18N2O4/c1-9-3-4-11(10(2)7-9)15-14(19)16-5-6-20-12(8-16)13(17)18/h3-4,7,12H,5-6,8H2,1-2H3,(H,15,19)(H,17,18). The first kappa shape index (κ1) is 14.3. The Bertz CT molecular complexity index is 530. The maximum absolute atomic E-state index is 12.1. The third-order valence-electron chi connectivity index (χ3n) is 3.25. The van der Waals surface area contributed by atoms with E-state index in [1.807, 2.05) is 32.0 Å². The van der Waals surface area contributed by atoms with Crippen LogP contribution in [0.25, 0.3) is 0 Å². The van der Waals surface area contributed by atoms with E-state index >= 15 is 0 Å². The number of anilines is 1. The lowest BCUT2D eigenvalue weighted by Crippen LogP contribution is -2.49. The summed E-state index contributed by atoms with van der Waals surface area (Å²) in [5.74, 6) is -1.05. The van der Waals surface area contributed by atoms with Crippen molar-refractivity contribution < 1.29 is 19.4 Å². The van der Waals surface area contributed by atoms with Gasteiger partial charge in [-0.15, -0.1) is 0 Å². The quantitative estimate of drug-likeness (QED) is 0.861. The Morgan fingerprint density at radius 3 is 2.80 bits per heavy atom. The molecule has 2 amide bonds. The summed E-state index contributed by atoms with van der Waals surface area (Å²) in [4.78, 5) is 24.5. The summed E-state index contributed by atoms with van der Waals surface area (Å²) < 4.78 is 5.09. The maximum atomic E-state index is 12.1. The summed E-state index contributed by atoms with van der Waals surface area (Å²) in [6.45, 7) is 4.59. The van der Waals surface area contributed by atoms with Crippen LogP contribution in [-0.2, 0) is 9.53 Å². The van der Waals surface area contributed by atoms with E-state index in [1.54, 1.807) is 0 Å². The van der Waals surface area contributed by atoms with Gasteiger partial charge >= 0.3 is 12.0 Å². The van der Waals surface area contributed by atoms with Crippen molar-refractivity contribution in [2.45, 2.75) is 20.0 Å². The van der Waals surface area contributed by atoms with Gasteiger partial charge in [-0.25, -0.2) is 9.59 Å². The molecule has 0 aliphatic carbocycles. The zero-order valence-electron chi connectivity index (χ0n) is 11.5. The molecule has 1 saturated heterocycles. The molecule has 1 fully saturated rings. The number of carbonyl (C=O) groups excluding carboxylic acids is 1. The fourth-order valence-corrected chi connectivity index (χ4v) is 2.13. The predicted molar refractivity (Wildman–Crippen MR) is 73.9 cm³/mol. The molecule has 0 spiro atoms. The van der Waals surface area contributed by atoms with E-state index in [-0.39, 0.29) is 19.2 Å². The number of benzene rings is 1. The van der Waals surface area contributed by atoms with Gasteiger partial charge in [0.05, 0.1) is 13.2 Å². The van der Waals surface area contributed by atoms with E-state index in [9.17, 15) is 9.59 Å². The third kappa shape index (κ3) is 3.27. The molecule has 108 valence electrons. The van der Waals surface area contributed by atoms with Crippen molar-refractivity contribution >= 4 is 17.7 Å². The number of carbonyl (C=O) groups is 2. The molecular weight excluding hydrogens is 260 g/mol. The number of urea groups is 1. The summed E-state index contributed by atoms with van der Waals surface area (Å²) >= 11 is 0. The van der Waals surface area contributed by atoms with Crippen LogP contribution in [0.1, 0.15) is 11.1 Å². The van der Waals surface area contributed by atoms with Crippen molar-refractivity contribution in [3.8, 4) is 0 Å². The van der Waals surface area contributed by atoms with Crippen LogP contribution >= 0.6 is 0 Å². The number of nitrogens with zero attached hydrogens (tertiary/aromatic N) is 1. The molecule has 1 unspecified atom stereocenters. The molecule has 1 aromatic carbocycles. The van der Waals surface area contributed by atoms with Crippen molar-refractivity contribution in [1.82, 2.24) is 4.90 Å². The second kappa shape index (κ2) is 5.92. The van der Waals surface area contributed by atoms with E-state index in [0.717, 1.165) is 16.8 Å². The molecule has 1 heterocycles. The zero-order valence-corrected chi connectivity index (χ0v) is 11.5. The summed E-state index contributed by atoms with van der Waals surface area (Å²) in [6, 6.07) is 5.45. The van der Waals surface area contributed by atoms with E-state index in [2.05, 4.69) is 5.32 Å². The number of carboxylic acids is 1. The van der Waals surface area contributed by atoms with Crippen LogP contribution in [0.4, 0.5) is 10.5 Å². The lowest BCUT2D eigenvalue weighted by molar-refractivity contribution is -0.154. The van der Waals surface area contributed by atoms with E-state index in [0.29, 0.717) is 6.54 Å². The van der Waals surface area contributed by atoms with Gasteiger partial charge in [-0.2, -0.15) is 0 Å². The van der Waals surface area contributed by atoms with Crippen LogP contribution in [0.5, 0.6) is 0 Å². The molecule has 0 bridgehead atoms. The van der Waals surface area contributed by atoms with Gasteiger partial charge in [0.15, 0.2) is 6.10 Å². The first-order chi connectivity index (χ1) is 9.47. The molecule has 2 rings (SSSR count). The van der Waals surface area contributed by atoms with E-state index < -0.39 is 12.1 Å². The Labute approximate surface area is 117 Å². The Morgan fingerprint density at radius 1 is 1.40 bits per heavy atom. The number of ether oxygens (including phenoxy) is 1. The molecule has 1 aromatic rings. The average Bonchev–Trinajstić information content (AvgIpc) is 2.42. The minimum Gasteiger partial charge on any atom is -0.479 e. The second-order valence-electron chi connectivity index (χ2n) is 4.89. The number of carboxylic acid groups (broad SMARTS) is 1. The van der Waals surface area contributed by atoms with Crippen LogP contribution in [0.3, 0.4) is 0 Å². The Balaban J connectivity index is 2.02. The molecule has 0 saturated carbocycles. The SMILES string of the molecule is Cc1ccc(NC(=O)N2CCOC(C(=O)O)C2)c(C)c1. The van der Waals surface area contributed by atoms with Gasteiger partial charge < -0.3 is 20.1 Å². The summed E-state index contributed by atoms with van der Waals surface area (Å²) in [5, 5.41) is 11.7. The minimum atomic E-state index is -1.05. The molecule has 0 aromatic heterocycles. The normalized spacial score (nSPS) is 18.7. The smallest absolute Gasteiger partial charge is 0.334 e. The van der Waals surface area contributed by atoms with E-state index in [1.165, 1.54) is 4.90 Å². The molecule has 1 aliphatic rings. The van der Waals surface area contributed by atoms with Crippen LogP contribution in [-0.4, -0.2) is 47.8 Å². The summed E-state index contributed by atoms with van der Waals surface area (Å²) in [7, 11) is 0. The van der Waals surface area contributed by atoms with Gasteiger partial charge in [0.2, 0.25) is 0 Å². The highest BCUT2D eigenvalue weighted by molar-refractivity contribution is 5.90. The van der Waals surface area contributed by atoms with Gasteiger partial charge in [0, 0.05) is 12.2 Å². The van der Waals surface area contributed by atoms with Crippen molar-refractivity contribution in [3.63, 3.8) is 0 Å². The maximum Gasteiger partial charge on any atom is 0.334 e. The van der Waals surface area contributed by atoms with Crippen LogP contribution in [0.15, 0.2) is 18.2 Å². The fraction of sp³-hybridized carbons (Fsp3) is 0.429. The van der Waals surface area contributed by atoms with Gasteiger partial charge in [-0.05, 0) is 25.5 Å². The van der Waals surface area contributed by atoms with Gasteiger partial charge in [0.1, 0.15) is 0 Å². The van der Waals surface area contributed by atoms with Gasteiger partial charge in [0.25, 0.3) is 0 Å². The predicted octanol–water partition coefficient (Wildman–Crippen LogP) is 1.62. The molecule has 0 radical (unpaired) electrons. The monoisotopic (exact) mass is 278 g/mol. The first-order valence-corrected chi connectivity index (χ1v) is 6.45. The van der Waals surface area contributed by atoms with Gasteiger partial charge in [-0.3, -0.25) is 0 Å². The number of nitrogens with one attached hydrogen (secondary N) is 1. The van der Waals surface area contributed by atoms with Crippen molar-refractivity contribution in [3.05, 3.63) is 29.3 Å². The highest BCUT2D eigenvalue weighted by Gasteiger charge is 2.29. The van der Waals surface area contributed by atoms with Crippen LogP contribution in [0, 0.1) is 13.8 Å². The highest BCUT2D eigenvalue weighted by atomic mass is 16.5. The Hall–Kier alpha value is -2.08. The zero-order chi connectivity index (χ0) is 14.7.